The van der Waals surface area contributed by atoms with Crippen LogP contribution in [0.25, 0.3) is 0 Å². The van der Waals surface area contributed by atoms with Gasteiger partial charge < -0.3 is 19.7 Å². The van der Waals surface area contributed by atoms with Crippen molar-refractivity contribution in [2.24, 2.45) is 4.99 Å². The summed E-state index contributed by atoms with van der Waals surface area (Å²) in [6.07, 6.45) is 0. The summed E-state index contributed by atoms with van der Waals surface area (Å²) in [5.41, 5.74) is 1.07. The normalized spacial score (nSPS) is 11.5. The molecule has 0 spiro atoms. The number of ether oxygens (including phenoxy) is 2. The van der Waals surface area contributed by atoms with Crippen molar-refractivity contribution in [3.8, 4) is 0 Å². The van der Waals surface area contributed by atoms with Crippen LogP contribution in [0.4, 0.5) is 0 Å². The van der Waals surface area contributed by atoms with E-state index in [-0.39, 0.29) is 0 Å². The molecule has 118 valence electrons. The van der Waals surface area contributed by atoms with Gasteiger partial charge in [0, 0.05) is 39.3 Å². The molecular weight excluding hydrogens is 290 g/mol. The van der Waals surface area contributed by atoms with Crippen molar-refractivity contribution in [2.45, 2.75) is 6.54 Å². The molecule has 6 heteroatoms. The number of hydrogen-bond acceptors (Lipinski definition) is 3. The summed E-state index contributed by atoms with van der Waals surface area (Å²) in [4.78, 5) is 6.28. The number of guanidine groups is 1. The van der Waals surface area contributed by atoms with Gasteiger partial charge in [-0.3, -0.25) is 4.99 Å². The molecular formula is C15H24ClN3O2. The molecule has 0 saturated carbocycles. The van der Waals surface area contributed by atoms with Crippen molar-refractivity contribution >= 4 is 17.6 Å². The van der Waals surface area contributed by atoms with Crippen LogP contribution in [0.1, 0.15) is 5.56 Å². The number of nitrogens with zero attached hydrogens (tertiary/aromatic N) is 2. The zero-order valence-electron chi connectivity index (χ0n) is 12.9. The standard InChI is InChI=1S/C15H24ClN3O2/c1-17-15(18-8-9-21-11-10-20-3)19(2)12-13-6-4-5-7-14(13)16/h4-7H,8-12H2,1-3H3,(H,17,18). The third-order valence-electron chi connectivity index (χ3n) is 2.90. The maximum Gasteiger partial charge on any atom is 0.193 e. The first kappa shape index (κ1) is 17.8. The van der Waals surface area contributed by atoms with E-state index in [4.69, 9.17) is 21.1 Å². The minimum absolute atomic E-state index is 0.603. The van der Waals surface area contributed by atoms with Gasteiger partial charge in [0.2, 0.25) is 0 Å². The molecule has 0 aliphatic carbocycles. The van der Waals surface area contributed by atoms with Crippen molar-refractivity contribution in [1.29, 1.82) is 0 Å². The highest BCUT2D eigenvalue weighted by Gasteiger charge is 2.08. The Kier molecular flexibility index (Phi) is 8.82. The fourth-order valence-electron chi connectivity index (χ4n) is 1.82. The topological polar surface area (TPSA) is 46.1 Å². The van der Waals surface area contributed by atoms with Crippen LogP contribution < -0.4 is 5.32 Å². The third kappa shape index (κ3) is 6.80. The number of hydrogen-bond donors (Lipinski definition) is 1. The second-order valence-corrected chi connectivity index (χ2v) is 4.93. The van der Waals surface area contributed by atoms with Crippen molar-refractivity contribution in [3.63, 3.8) is 0 Å². The van der Waals surface area contributed by atoms with E-state index < -0.39 is 0 Å². The molecule has 0 heterocycles. The van der Waals surface area contributed by atoms with E-state index in [1.165, 1.54) is 0 Å². The monoisotopic (exact) mass is 313 g/mol. The minimum Gasteiger partial charge on any atom is -0.382 e. The lowest BCUT2D eigenvalue weighted by Crippen LogP contribution is -2.40. The Morgan fingerprint density at radius 3 is 2.71 bits per heavy atom. The summed E-state index contributed by atoms with van der Waals surface area (Å²) in [6.45, 7) is 3.23. The molecule has 1 rings (SSSR count). The Hall–Kier alpha value is -1.30. The second-order valence-electron chi connectivity index (χ2n) is 4.53. The summed E-state index contributed by atoms with van der Waals surface area (Å²) in [5, 5.41) is 4.02. The van der Waals surface area contributed by atoms with Gasteiger partial charge in [0.15, 0.2) is 5.96 Å². The highest BCUT2D eigenvalue weighted by atomic mass is 35.5. The molecule has 1 aromatic rings. The van der Waals surface area contributed by atoms with E-state index in [1.54, 1.807) is 14.2 Å². The molecule has 0 bridgehead atoms. The van der Waals surface area contributed by atoms with E-state index >= 15 is 0 Å². The van der Waals surface area contributed by atoms with Gasteiger partial charge in [-0.1, -0.05) is 29.8 Å². The number of benzene rings is 1. The quantitative estimate of drug-likeness (QED) is 0.453. The molecule has 0 atom stereocenters. The predicted molar refractivity (Wildman–Crippen MR) is 87.0 cm³/mol. The highest BCUT2D eigenvalue weighted by molar-refractivity contribution is 6.31. The van der Waals surface area contributed by atoms with Crippen LogP contribution in [0, 0.1) is 0 Å². The van der Waals surface area contributed by atoms with Gasteiger partial charge in [0.1, 0.15) is 0 Å². The molecule has 0 aromatic heterocycles. The van der Waals surface area contributed by atoms with Crippen molar-refractivity contribution in [3.05, 3.63) is 34.9 Å². The van der Waals surface area contributed by atoms with Crippen LogP contribution in [-0.4, -0.2) is 58.4 Å². The van der Waals surface area contributed by atoms with Crippen molar-refractivity contribution in [1.82, 2.24) is 10.2 Å². The first-order valence-electron chi connectivity index (χ1n) is 6.91. The van der Waals surface area contributed by atoms with E-state index in [1.807, 2.05) is 36.2 Å². The molecule has 0 fully saturated rings. The third-order valence-corrected chi connectivity index (χ3v) is 3.27. The number of nitrogens with one attached hydrogen (secondary N) is 1. The lowest BCUT2D eigenvalue weighted by molar-refractivity contribution is 0.0731. The van der Waals surface area contributed by atoms with Crippen molar-refractivity contribution in [2.75, 3.05) is 47.6 Å². The zero-order chi connectivity index (χ0) is 15.5. The van der Waals surface area contributed by atoms with Gasteiger partial charge in [-0.25, -0.2) is 0 Å². The molecule has 1 aromatic carbocycles. The Bertz CT molecular complexity index is 441. The maximum absolute atomic E-state index is 6.17. The van der Waals surface area contributed by atoms with Crippen molar-refractivity contribution < 1.29 is 9.47 Å². The average Bonchev–Trinajstić information content (AvgIpc) is 2.49. The maximum atomic E-state index is 6.17. The number of methoxy groups -OCH3 is 1. The lowest BCUT2D eigenvalue weighted by Gasteiger charge is -2.22. The van der Waals surface area contributed by atoms with Crippen LogP contribution in [0.3, 0.4) is 0 Å². The van der Waals surface area contributed by atoms with Crippen LogP contribution in [0.5, 0.6) is 0 Å². The SMILES string of the molecule is CN=C(NCCOCCOC)N(C)Cc1ccccc1Cl. The Balaban J connectivity index is 2.36. The number of halogens is 1. The van der Waals surface area contributed by atoms with Crippen LogP contribution in [0.15, 0.2) is 29.3 Å². The highest BCUT2D eigenvalue weighted by Crippen LogP contribution is 2.16. The van der Waals surface area contributed by atoms with Gasteiger partial charge in [-0.05, 0) is 11.6 Å². The van der Waals surface area contributed by atoms with Gasteiger partial charge in [0.05, 0.1) is 19.8 Å². The predicted octanol–water partition coefficient (Wildman–Crippen LogP) is 2.01. The van der Waals surface area contributed by atoms with E-state index in [9.17, 15) is 0 Å². The fraction of sp³-hybridized carbons (Fsp3) is 0.533. The molecule has 0 radical (unpaired) electrons. The number of rotatable bonds is 8. The van der Waals surface area contributed by atoms with Crippen LogP contribution >= 0.6 is 11.6 Å². The Labute approximate surface area is 131 Å². The van der Waals surface area contributed by atoms with Crippen LogP contribution in [-0.2, 0) is 16.0 Å². The minimum atomic E-state index is 0.603. The molecule has 21 heavy (non-hydrogen) atoms. The number of aliphatic imine (C=N–C) groups is 1. The Morgan fingerprint density at radius 2 is 2.05 bits per heavy atom. The molecule has 0 aliphatic rings. The molecule has 1 N–H and O–H groups in total. The molecule has 0 saturated heterocycles. The molecule has 0 unspecified atom stereocenters. The van der Waals surface area contributed by atoms with E-state index in [0.29, 0.717) is 32.9 Å². The smallest absolute Gasteiger partial charge is 0.193 e. The van der Waals surface area contributed by atoms with Crippen LogP contribution in [0.2, 0.25) is 5.02 Å². The summed E-state index contributed by atoms with van der Waals surface area (Å²) in [7, 11) is 5.40. The first-order valence-corrected chi connectivity index (χ1v) is 7.28. The Morgan fingerprint density at radius 1 is 1.29 bits per heavy atom. The molecule has 0 aliphatic heterocycles. The summed E-state index contributed by atoms with van der Waals surface area (Å²) < 4.78 is 10.3. The van der Waals surface area contributed by atoms with Gasteiger partial charge in [-0.15, -0.1) is 0 Å². The second kappa shape index (κ2) is 10.4. The summed E-state index contributed by atoms with van der Waals surface area (Å²) >= 11 is 6.17. The van der Waals surface area contributed by atoms with Gasteiger partial charge in [0.25, 0.3) is 0 Å². The largest absolute Gasteiger partial charge is 0.382 e. The lowest BCUT2D eigenvalue weighted by atomic mass is 10.2. The average molecular weight is 314 g/mol. The first-order chi connectivity index (χ1) is 10.2. The van der Waals surface area contributed by atoms with E-state index in [0.717, 1.165) is 16.5 Å². The fourth-order valence-corrected chi connectivity index (χ4v) is 2.02. The van der Waals surface area contributed by atoms with Gasteiger partial charge in [-0.2, -0.15) is 0 Å². The van der Waals surface area contributed by atoms with E-state index in [2.05, 4.69) is 10.3 Å². The summed E-state index contributed by atoms with van der Waals surface area (Å²) in [6, 6.07) is 7.82. The molecule has 0 amide bonds. The summed E-state index contributed by atoms with van der Waals surface area (Å²) in [5.74, 6) is 0.810. The zero-order valence-corrected chi connectivity index (χ0v) is 13.7. The van der Waals surface area contributed by atoms with Gasteiger partial charge >= 0.3 is 0 Å². The molecule has 5 nitrogen and oxygen atoms in total.